The number of nitrogens with two attached hydrogens (primary N) is 1. The van der Waals surface area contributed by atoms with Gasteiger partial charge in [0.1, 0.15) is 5.82 Å². The molecule has 1 aliphatic rings. The van der Waals surface area contributed by atoms with Gasteiger partial charge in [0.15, 0.2) is 0 Å². The molecule has 0 aromatic heterocycles. The van der Waals surface area contributed by atoms with Crippen LogP contribution in [0.2, 0.25) is 0 Å². The van der Waals surface area contributed by atoms with Crippen molar-refractivity contribution in [1.29, 1.82) is 0 Å². The fraction of sp³-hybridized carbons (Fsp3) is 0.294. The van der Waals surface area contributed by atoms with E-state index in [2.05, 4.69) is 29.2 Å². The second-order valence-corrected chi connectivity index (χ2v) is 5.38. The van der Waals surface area contributed by atoms with Gasteiger partial charge in [0.05, 0.1) is 0 Å². The van der Waals surface area contributed by atoms with E-state index in [9.17, 15) is 4.39 Å². The quantitative estimate of drug-likeness (QED) is 0.861. The molecule has 0 spiro atoms. The van der Waals surface area contributed by atoms with Crippen molar-refractivity contribution in [1.82, 2.24) is 4.90 Å². The molecule has 2 N–H and O–H groups in total. The van der Waals surface area contributed by atoms with Crippen molar-refractivity contribution in [3.8, 4) is 0 Å². The number of benzene rings is 2. The van der Waals surface area contributed by atoms with E-state index in [1.807, 2.05) is 6.07 Å². The molecule has 0 radical (unpaired) electrons. The summed E-state index contributed by atoms with van der Waals surface area (Å²) < 4.78 is 13.4. The van der Waals surface area contributed by atoms with Gasteiger partial charge in [-0.15, -0.1) is 0 Å². The minimum atomic E-state index is -0.218. The summed E-state index contributed by atoms with van der Waals surface area (Å²) in [5, 5.41) is 0. The first-order valence-electron chi connectivity index (χ1n) is 7.07. The number of nitrogens with zero attached hydrogens (tertiary/aromatic N) is 1. The van der Waals surface area contributed by atoms with Gasteiger partial charge >= 0.3 is 0 Å². The number of anilines is 1. The zero-order valence-corrected chi connectivity index (χ0v) is 11.4. The Morgan fingerprint density at radius 1 is 1.15 bits per heavy atom. The lowest BCUT2D eigenvalue weighted by molar-refractivity contribution is 0.248. The van der Waals surface area contributed by atoms with Crippen LogP contribution >= 0.6 is 0 Å². The highest BCUT2D eigenvalue weighted by Crippen LogP contribution is 2.33. The zero-order chi connectivity index (χ0) is 13.9. The molecular weight excluding hydrogens is 251 g/mol. The molecule has 2 aromatic rings. The molecule has 1 atom stereocenters. The Morgan fingerprint density at radius 3 is 2.75 bits per heavy atom. The summed E-state index contributed by atoms with van der Waals surface area (Å²) in [7, 11) is 0. The van der Waals surface area contributed by atoms with Gasteiger partial charge in [0.25, 0.3) is 0 Å². The van der Waals surface area contributed by atoms with E-state index in [1.165, 1.54) is 18.1 Å². The lowest BCUT2D eigenvalue weighted by Gasteiger charge is -2.25. The molecule has 1 fully saturated rings. The van der Waals surface area contributed by atoms with Gasteiger partial charge in [-0.05, 0) is 48.7 Å². The van der Waals surface area contributed by atoms with Crippen molar-refractivity contribution in [3.63, 3.8) is 0 Å². The summed E-state index contributed by atoms with van der Waals surface area (Å²) in [5.74, 6) is -0.218. The molecule has 104 valence electrons. The second-order valence-electron chi connectivity index (χ2n) is 5.38. The summed E-state index contributed by atoms with van der Waals surface area (Å²) in [5.41, 5.74) is 8.85. The second kappa shape index (κ2) is 5.63. The van der Waals surface area contributed by atoms with Crippen LogP contribution in [0.25, 0.3) is 0 Å². The van der Waals surface area contributed by atoms with E-state index in [1.54, 1.807) is 12.1 Å². The van der Waals surface area contributed by atoms with Crippen LogP contribution in [-0.4, -0.2) is 11.4 Å². The predicted molar refractivity (Wildman–Crippen MR) is 79.6 cm³/mol. The highest BCUT2D eigenvalue weighted by atomic mass is 19.1. The normalized spacial score (nSPS) is 19.4. The number of hydrogen-bond donors (Lipinski definition) is 1. The van der Waals surface area contributed by atoms with Crippen LogP contribution in [0.3, 0.4) is 0 Å². The molecular formula is C17H19FN2. The Morgan fingerprint density at radius 2 is 1.95 bits per heavy atom. The molecule has 20 heavy (non-hydrogen) atoms. The number of likely N-dealkylation sites (tertiary alicyclic amines) is 1. The van der Waals surface area contributed by atoms with E-state index in [4.69, 9.17) is 5.73 Å². The molecule has 0 aliphatic carbocycles. The van der Waals surface area contributed by atoms with Crippen LogP contribution in [0.1, 0.15) is 30.0 Å². The molecule has 2 nitrogen and oxygen atoms in total. The fourth-order valence-electron chi connectivity index (χ4n) is 3.00. The van der Waals surface area contributed by atoms with Crippen molar-refractivity contribution < 1.29 is 4.39 Å². The van der Waals surface area contributed by atoms with E-state index >= 15 is 0 Å². The van der Waals surface area contributed by atoms with Gasteiger partial charge < -0.3 is 5.73 Å². The Hall–Kier alpha value is -1.87. The lowest BCUT2D eigenvalue weighted by atomic mass is 10.0. The molecule has 3 rings (SSSR count). The fourth-order valence-corrected chi connectivity index (χ4v) is 3.00. The maximum atomic E-state index is 13.4. The van der Waals surface area contributed by atoms with Crippen molar-refractivity contribution in [2.75, 3.05) is 12.3 Å². The molecule has 2 aromatic carbocycles. The molecule has 1 aliphatic heterocycles. The number of rotatable bonds is 3. The lowest BCUT2D eigenvalue weighted by Crippen LogP contribution is -2.23. The minimum absolute atomic E-state index is 0.218. The highest BCUT2D eigenvalue weighted by Gasteiger charge is 2.26. The van der Waals surface area contributed by atoms with Crippen LogP contribution in [0.4, 0.5) is 10.1 Å². The van der Waals surface area contributed by atoms with E-state index in [0.717, 1.165) is 18.5 Å². The van der Waals surface area contributed by atoms with Crippen molar-refractivity contribution >= 4 is 5.69 Å². The van der Waals surface area contributed by atoms with E-state index in [-0.39, 0.29) is 5.82 Å². The highest BCUT2D eigenvalue weighted by molar-refractivity contribution is 5.46. The number of halogens is 1. The Labute approximate surface area is 119 Å². The monoisotopic (exact) mass is 270 g/mol. The SMILES string of the molecule is Nc1ccc(F)cc1CN1CCCC1c1ccccc1. The van der Waals surface area contributed by atoms with Crippen molar-refractivity contribution in [2.45, 2.75) is 25.4 Å². The summed E-state index contributed by atoms with van der Waals surface area (Å²) in [6, 6.07) is 15.5. The smallest absolute Gasteiger partial charge is 0.123 e. The molecule has 1 saturated heterocycles. The number of nitrogen functional groups attached to an aromatic ring is 1. The first-order valence-corrected chi connectivity index (χ1v) is 7.07. The predicted octanol–water partition coefficient (Wildman–Crippen LogP) is 3.75. The summed E-state index contributed by atoms with van der Waals surface area (Å²) in [6.45, 7) is 1.75. The van der Waals surface area contributed by atoms with Gasteiger partial charge in [0.2, 0.25) is 0 Å². The maximum absolute atomic E-state index is 13.4. The van der Waals surface area contributed by atoms with Crippen LogP contribution in [-0.2, 0) is 6.54 Å². The van der Waals surface area contributed by atoms with Gasteiger partial charge in [0, 0.05) is 18.3 Å². The Balaban J connectivity index is 1.81. The first-order chi connectivity index (χ1) is 9.74. The maximum Gasteiger partial charge on any atom is 0.123 e. The van der Waals surface area contributed by atoms with E-state index in [0.29, 0.717) is 18.3 Å². The van der Waals surface area contributed by atoms with Gasteiger partial charge in [-0.3, -0.25) is 4.90 Å². The summed E-state index contributed by atoms with van der Waals surface area (Å²) in [6.07, 6.45) is 2.33. The summed E-state index contributed by atoms with van der Waals surface area (Å²) in [4.78, 5) is 2.39. The molecule has 1 heterocycles. The van der Waals surface area contributed by atoms with Crippen LogP contribution < -0.4 is 5.73 Å². The number of hydrogen-bond acceptors (Lipinski definition) is 2. The third kappa shape index (κ3) is 2.68. The van der Waals surface area contributed by atoms with Gasteiger partial charge in [-0.1, -0.05) is 30.3 Å². The third-order valence-corrected chi connectivity index (χ3v) is 4.03. The minimum Gasteiger partial charge on any atom is -0.398 e. The molecule has 0 saturated carbocycles. The van der Waals surface area contributed by atoms with Gasteiger partial charge in [-0.25, -0.2) is 4.39 Å². The van der Waals surface area contributed by atoms with Crippen LogP contribution in [0.5, 0.6) is 0 Å². The topological polar surface area (TPSA) is 29.3 Å². The molecule has 3 heteroatoms. The Kier molecular flexibility index (Phi) is 3.70. The van der Waals surface area contributed by atoms with Crippen LogP contribution in [0.15, 0.2) is 48.5 Å². The van der Waals surface area contributed by atoms with Gasteiger partial charge in [-0.2, -0.15) is 0 Å². The molecule has 0 amide bonds. The largest absolute Gasteiger partial charge is 0.398 e. The van der Waals surface area contributed by atoms with Crippen molar-refractivity contribution in [3.05, 3.63) is 65.5 Å². The zero-order valence-electron chi connectivity index (χ0n) is 11.4. The molecule has 0 bridgehead atoms. The summed E-state index contributed by atoms with van der Waals surface area (Å²) >= 11 is 0. The molecule has 1 unspecified atom stereocenters. The third-order valence-electron chi connectivity index (χ3n) is 4.03. The average molecular weight is 270 g/mol. The standard InChI is InChI=1S/C17H19FN2/c18-15-8-9-16(19)14(11-15)12-20-10-4-7-17(20)13-5-2-1-3-6-13/h1-3,5-6,8-9,11,17H,4,7,10,12,19H2. The van der Waals surface area contributed by atoms with Crippen LogP contribution in [0, 0.1) is 5.82 Å². The Bertz CT molecular complexity index is 583. The first kappa shape index (κ1) is 13.1. The van der Waals surface area contributed by atoms with E-state index < -0.39 is 0 Å². The average Bonchev–Trinajstić information content (AvgIpc) is 2.92. The van der Waals surface area contributed by atoms with Crippen molar-refractivity contribution in [2.24, 2.45) is 0 Å².